The molecule has 11 aromatic rings. The molecule has 330 valence electrons. The highest BCUT2D eigenvalue weighted by Crippen LogP contribution is 2.65. The van der Waals surface area contributed by atoms with Crippen LogP contribution in [-0.2, 0) is 5.41 Å². The van der Waals surface area contributed by atoms with Crippen LogP contribution in [0.25, 0.3) is 54.6 Å². The highest BCUT2D eigenvalue weighted by atomic mass is 15.1. The van der Waals surface area contributed by atoms with Crippen LogP contribution >= 0.6 is 0 Å². The number of rotatable bonds is 6. The molecule has 0 amide bonds. The molecule has 11 aromatic carbocycles. The summed E-state index contributed by atoms with van der Waals surface area (Å²) in [5.74, 6) is 0. The van der Waals surface area contributed by atoms with E-state index in [9.17, 15) is 0 Å². The van der Waals surface area contributed by atoms with Gasteiger partial charge in [-0.3, -0.25) is 0 Å². The summed E-state index contributed by atoms with van der Waals surface area (Å²) in [6.07, 6.45) is 0. The van der Waals surface area contributed by atoms with Gasteiger partial charge in [0.05, 0.1) is 5.41 Å². The molecule has 2 heteroatoms. The van der Waals surface area contributed by atoms with Gasteiger partial charge in [-0.2, -0.15) is 0 Å². The minimum absolute atomic E-state index is 0.553. The van der Waals surface area contributed by atoms with Crippen molar-refractivity contribution in [2.45, 2.75) is 47.0 Å². The molecule has 69 heavy (non-hydrogen) atoms. The molecule has 0 fully saturated rings. The van der Waals surface area contributed by atoms with Crippen molar-refractivity contribution in [3.63, 3.8) is 0 Å². The Morgan fingerprint density at radius 3 is 1.30 bits per heavy atom. The maximum absolute atomic E-state index is 2.54. The molecule has 0 radical (unpaired) electrons. The Hall–Kier alpha value is -8.20. The second-order valence-corrected chi connectivity index (χ2v) is 19.8. The minimum Gasteiger partial charge on any atom is -0.310 e. The van der Waals surface area contributed by atoms with E-state index < -0.39 is 5.41 Å². The van der Waals surface area contributed by atoms with Gasteiger partial charge in [0.2, 0.25) is 0 Å². The Kier molecular flexibility index (Phi) is 9.17. The van der Waals surface area contributed by atoms with Gasteiger partial charge in [0.25, 0.3) is 0 Å². The Morgan fingerprint density at radius 2 is 0.754 bits per heavy atom. The molecule has 0 bridgehead atoms. The quantitative estimate of drug-likeness (QED) is 0.164. The average molecular weight is 885 g/mol. The molecule has 0 atom stereocenters. The normalized spacial score (nSPS) is 12.9. The highest BCUT2D eigenvalue weighted by Gasteiger charge is 2.52. The van der Waals surface area contributed by atoms with E-state index in [2.05, 4.69) is 258 Å². The molecule has 0 aliphatic heterocycles. The van der Waals surface area contributed by atoms with E-state index in [1.54, 1.807) is 0 Å². The van der Waals surface area contributed by atoms with Crippen LogP contribution in [-0.4, -0.2) is 0 Å². The van der Waals surface area contributed by atoms with Crippen molar-refractivity contribution in [1.29, 1.82) is 0 Å². The van der Waals surface area contributed by atoms with Crippen molar-refractivity contribution in [1.82, 2.24) is 0 Å². The number of hydrogen-bond acceptors (Lipinski definition) is 2. The van der Waals surface area contributed by atoms with Crippen molar-refractivity contribution < 1.29 is 0 Å². The second-order valence-electron chi connectivity index (χ2n) is 19.8. The lowest BCUT2D eigenvalue weighted by atomic mass is 9.70. The number of aryl methyl sites for hydroxylation is 6. The largest absolute Gasteiger partial charge is 0.310 e. The fourth-order valence-electron chi connectivity index (χ4n) is 11.9. The smallest absolute Gasteiger partial charge is 0.0726 e. The first-order chi connectivity index (χ1) is 33.6. The van der Waals surface area contributed by atoms with Gasteiger partial charge < -0.3 is 9.80 Å². The van der Waals surface area contributed by atoms with Gasteiger partial charge in [0, 0.05) is 34.1 Å². The fraction of sp³-hybridized carbons (Fsp3) is 0.104. The Labute approximate surface area is 405 Å². The number of nitrogens with zero attached hydrogens (tertiary/aromatic N) is 2. The molecule has 0 unspecified atom stereocenters. The van der Waals surface area contributed by atoms with Gasteiger partial charge in [-0.1, -0.05) is 132 Å². The van der Waals surface area contributed by atoms with E-state index in [0.717, 1.165) is 22.7 Å². The third-order valence-corrected chi connectivity index (χ3v) is 15.3. The molecule has 0 N–H and O–H groups in total. The van der Waals surface area contributed by atoms with E-state index in [1.807, 2.05) is 0 Å². The van der Waals surface area contributed by atoms with Crippen LogP contribution in [0.5, 0.6) is 0 Å². The van der Waals surface area contributed by atoms with E-state index in [0.29, 0.717) is 0 Å². The van der Waals surface area contributed by atoms with Gasteiger partial charge in [-0.25, -0.2) is 0 Å². The molecule has 0 heterocycles. The van der Waals surface area contributed by atoms with Crippen LogP contribution in [0.1, 0.15) is 55.6 Å². The summed E-state index contributed by atoms with van der Waals surface area (Å²) in [4.78, 5) is 4.88. The predicted molar refractivity (Wildman–Crippen MR) is 293 cm³/mol. The molecule has 0 aromatic heterocycles. The molecule has 2 nitrogen and oxygen atoms in total. The molecule has 2 aliphatic carbocycles. The predicted octanol–water partition coefficient (Wildman–Crippen LogP) is 18.3. The standard InChI is InChI=1S/C67H52N2/c1-41-17-26-52(27-18-41)68(64-33-43(3)15-21-45(64)5)54-30-23-48-37-58-59-38-49-24-31-55(69(53-28-19-42(2)20-29-53)65-34-44(4)16-22-46(65)6)36-51(49)40-63(59)67(62(58)39-50(48)35-54)60-14-10-9-13-57(60)66-56-12-8-7-11-47(56)25-32-61(66)67/h7-40H,1-6H3. The first-order valence-electron chi connectivity index (χ1n) is 24.3. The van der Waals surface area contributed by atoms with Crippen molar-refractivity contribution in [3.8, 4) is 22.3 Å². The lowest BCUT2D eigenvalue weighted by Crippen LogP contribution is -2.26. The minimum atomic E-state index is -0.553. The summed E-state index contributed by atoms with van der Waals surface area (Å²) in [7, 11) is 0. The van der Waals surface area contributed by atoms with Crippen LogP contribution in [0.3, 0.4) is 0 Å². The van der Waals surface area contributed by atoms with Crippen molar-refractivity contribution in [2.75, 3.05) is 9.80 Å². The summed E-state index contributed by atoms with van der Waals surface area (Å²) in [6.45, 7) is 13.1. The fourth-order valence-corrected chi connectivity index (χ4v) is 11.9. The van der Waals surface area contributed by atoms with Gasteiger partial charge in [0.15, 0.2) is 0 Å². The second kappa shape index (κ2) is 15.4. The van der Waals surface area contributed by atoms with Crippen LogP contribution < -0.4 is 9.80 Å². The monoisotopic (exact) mass is 884 g/mol. The zero-order valence-corrected chi connectivity index (χ0v) is 40.0. The molecule has 2 aliphatic rings. The summed E-state index contributed by atoms with van der Waals surface area (Å²) in [6, 6.07) is 78.6. The average Bonchev–Trinajstić information content (AvgIpc) is 3.82. The Morgan fingerprint density at radius 1 is 0.290 bits per heavy atom. The summed E-state index contributed by atoms with van der Waals surface area (Å²) in [5, 5.41) is 7.47. The number of benzene rings is 11. The van der Waals surface area contributed by atoms with Gasteiger partial charge >= 0.3 is 0 Å². The van der Waals surface area contributed by atoms with Gasteiger partial charge in [-0.05, 0) is 226 Å². The lowest BCUT2D eigenvalue weighted by molar-refractivity contribution is 0.797. The lowest BCUT2D eigenvalue weighted by Gasteiger charge is -2.31. The molecule has 0 saturated carbocycles. The zero-order chi connectivity index (χ0) is 46.7. The number of hydrogen-bond donors (Lipinski definition) is 0. The first-order valence-corrected chi connectivity index (χ1v) is 24.3. The van der Waals surface area contributed by atoms with Crippen LogP contribution in [0, 0.1) is 41.5 Å². The highest BCUT2D eigenvalue weighted by molar-refractivity contribution is 6.09. The summed E-state index contributed by atoms with van der Waals surface area (Å²) >= 11 is 0. The maximum Gasteiger partial charge on any atom is 0.0726 e. The molecule has 0 saturated heterocycles. The third-order valence-electron chi connectivity index (χ3n) is 15.3. The number of fused-ring (bicyclic) bond motifs is 14. The Balaban J connectivity index is 1.08. The Bertz CT molecular complexity index is 3720. The summed E-state index contributed by atoms with van der Waals surface area (Å²) in [5.41, 5.74) is 24.5. The zero-order valence-electron chi connectivity index (χ0n) is 40.0. The number of anilines is 6. The van der Waals surface area contributed by atoms with Crippen molar-refractivity contribution in [2.24, 2.45) is 0 Å². The molecule has 13 rings (SSSR count). The third kappa shape index (κ3) is 6.25. The SMILES string of the molecule is Cc1ccc(N(c2ccc3cc4c(cc3c2)C2(c3cc5cc(N(c6ccc(C)cc6)c6cc(C)ccc6C)ccc5cc3-4)c3ccccc3-c3c2ccc2ccccc32)c2cc(C)ccc2C)cc1. The van der Waals surface area contributed by atoms with Crippen molar-refractivity contribution in [3.05, 3.63) is 262 Å². The van der Waals surface area contributed by atoms with Crippen molar-refractivity contribution >= 4 is 66.4 Å². The van der Waals surface area contributed by atoms with E-state index >= 15 is 0 Å². The summed E-state index contributed by atoms with van der Waals surface area (Å²) < 4.78 is 0. The topological polar surface area (TPSA) is 6.48 Å². The first kappa shape index (κ1) is 41.0. The van der Waals surface area contributed by atoms with E-state index in [4.69, 9.17) is 0 Å². The maximum atomic E-state index is 2.54. The van der Waals surface area contributed by atoms with Gasteiger partial charge in [-0.15, -0.1) is 0 Å². The van der Waals surface area contributed by atoms with Crippen LogP contribution in [0.15, 0.2) is 206 Å². The van der Waals surface area contributed by atoms with Gasteiger partial charge in [0.1, 0.15) is 0 Å². The molecular weight excluding hydrogens is 833 g/mol. The van der Waals surface area contributed by atoms with Crippen LogP contribution in [0.4, 0.5) is 34.1 Å². The van der Waals surface area contributed by atoms with E-state index in [1.165, 1.54) is 122 Å². The molecular formula is C67H52N2. The van der Waals surface area contributed by atoms with E-state index in [-0.39, 0.29) is 0 Å². The van der Waals surface area contributed by atoms with Crippen LogP contribution in [0.2, 0.25) is 0 Å². The molecule has 1 spiro atoms.